The van der Waals surface area contributed by atoms with E-state index in [1.807, 2.05) is 0 Å². The topological polar surface area (TPSA) is 127 Å². The normalized spacial score (nSPS) is 13.4. The first-order chi connectivity index (χ1) is 16.0. The van der Waals surface area contributed by atoms with Gasteiger partial charge >= 0.3 is 0 Å². The van der Waals surface area contributed by atoms with Crippen molar-refractivity contribution in [3.8, 4) is 11.4 Å². The highest BCUT2D eigenvalue weighted by molar-refractivity contribution is 7.89. The van der Waals surface area contributed by atoms with Crippen LogP contribution in [0.1, 0.15) is 24.8 Å². The summed E-state index contributed by atoms with van der Waals surface area (Å²) in [5, 5.41) is 13.1. The van der Waals surface area contributed by atoms with E-state index in [2.05, 4.69) is 10.1 Å². The molecule has 1 amide bonds. The fourth-order valence-corrected chi connectivity index (χ4v) is 4.90. The molecule has 2 aromatic carbocycles. The number of halogens is 1. The second-order valence-corrected chi connectivity index (χ2v) is 9.75. The molecule has 4 rings (SSSR count). The number of amides is 1. The number of nitrogens with one attached hydrogen (secondary N) is 1. The fourth-order valence-electron chi connectivity index (χ4n) is 3.38. The van der Waals surface area contributed by atoms with E-state index in [0.717, 1.165) is 16.4 Å². The molecule has 0 aliphatic heterocycles. The molecular formula is C22H26ClN5O5S. The first-order valence-electron chi connectivity index (χ1n) is 10.6. The van der Waals surface area contributed by atoms with Gasteiger partial charge in [0.2, 0.25) is 10.0 Å². The summed E-state index contributed by atoms with van der Waals surface area (Å²) in [6.07, 6.45) is 6.21. The van der Waals surface area contributed by atoms with Gasteiger partial charge in [-0.1, -0.05) is 37.1 Å². The Labute approximate surface area is 204 Å². The molecule has 1 aromatic heterocycles. The number of ether oxygens (including phenoxy) is 1. The molecule has 2 N–H and O–H groups in total. The molecule has 0 spiro atoms. The van der Waals surface area contributed by atoms with E-state index in [-0.39, 0.29) is 29.6 Å². The van der Waals surface area contributed by atoms with Gasteiger partial charge in [0.15, 0.2) is 0 Å². The van der Waals surface area contributed by atoms with Crippen molar-refractivity contribution in [1.82, 2.24) is 24.5 Å². The van der Waals surface area contributed by atoms with Crippen LogP contribution in [0.5, 0.6) is 5.75 Å². The average molecular weight is 508 g/mol. The lowest BCUT2D eigenvalue weighted by Gasteiger charge is -2.23. The molecule has 1 heterocycles. The number of para-hydroxylation sites is 1. The van der Waals surface area contributed by atoms with Crippen LogP contribution >= 0.6 is 12.4 Å². The second-order valence-electron chi connectivity index (χ2n) is 7.84. The van der Waals surface area contributed by atoms with Crippen LogP contribution in [0.3, 0.4) is 0 Å². The Hall–Kier alpha value is -2.99. The number of carbonyl (C=O) groups is 1. The maximum atomic E-state index is 13.5. The summed E-state index contributed by atoms with van der Waals surface area (Å²) in [5.41, 5.74) is 2.92. The molecule has 0 unspecified atom stereocenters. The highest BCUT2D eigenvalue weighted by atomic mass is 35.5. The molecule has 1 aliphatic carbocycles. The monoisotopic (exact) mass is 507 g/mol. The number of hydrogen-bond acceptors (Lipinski definition) is 7. The van der Waals surface area contributed by atoms with Crippen molar-refractivity contribution in [1.29, 1.82) is 0 Å². The zero-order valence-electron chi connectivity index (χ0n) is 18.3. The highest BCUT2D eigenvalue weighted by Crippen LogP contribution is 2.33. The molecule has 0 radical (unpaired) electrons. The van der Waals surface area contributed by atoms with Gasteiger partial charge in [-0.2, -0.15) is 9.40 Å². The minimum Gasteiger partial charge on any atom is -0.492 e. The van der Waals surface area contributed by atoms with Crippen LogP contribution in [0.25, 0.3) is 5.69 Å². The molecule has 1 saturated carbocycles. The number of rotatable bonds is 11. The van der Waals surface area contributed by atoms with Crippen LogP contribution in [0.2, 0.25) is 0 Å². The Kier molecular flexibility index (Phi) is 8.61. The third-order valence-electron chi connectivity index (χ3n) is 5.37. The number of nitrogens with zero attached hydrogens (tertiary/aromatic N) is 4. The molecule has 182 valence electrons. The molecule has 0 atom stereocenters. The molecule has 3 aromatic rings. The van der Waals surface area contributed by atoms with Crippen LogP contribution < -0.4 is 10.2 Å². The minimum absolute atomic E-state index is 0. The van der Waals surface area contributed by atoms with Crippen molar-refractivity contribution >= 4 is 28.3 Å². The van der Waals surface area contributed by atoms with Crippen molar-refractivity contribution in [3.63, 3.8) is 0 Å². The van der Waals surface area contributed by atoms with Gasteiger partial charge in [0.05, 0.1) is 18.8 Å². The van der Waals surface area contributed by atoms with Gasteiger partial charge in [0.1, 0.15) is 23.3 Å². The van der Waals surface area contributed by atoms with Crippen molar-refractivity contribution in [2.75, 3.05) is 13.2 Å². The van der Waals surface area contributed by atoms with Crippen molar-refractivity contribution < 1.29 is 23.2 Å². The average Bonchev–Trinajstić information content (AvgIpc) is 3.49. The molecule has 10 nitrogen and oxygen atoms in total. The van der Waals surface area contributed by atoms with Gasteiger partial charge in [0.25, 0.3) is 5.91 Å². The van der Waals surface area contributed by atoms with Gasteiger partial charge in [-0.15, -0.1) is 12.4 Å². The maximum absolute atomic E-state index is 13.5. The molecule has 0 saturated heterocycles. The van der Waals surface area contributed by atoms with Crippen molar-refractivity contribution in [3.05, 3.63) is 66.7 Å². The molecule has 1 fully saturated rings. The van der Waals surface area contributed by atoms with Gasteiger partial charge in [-0.05, 0) is 42.2 Å². The van der Waals surface area contributed by atoms with Crippen LogP contribution in [-0.2, 0) is 21.4 Å². The standard InChI is InChI=1S/C22H25N5O5S.ClH/c28-22(25-29)14-26(13-18-7-9-19(10-8-18)27-16-23-15-24-27)33(30,31)21-4-2-1-3-20(21)32-12-11-17-5-6-17;/h1-4,7-10,15-17,29H,5-6,11-14H2,(H,25,28);1H. The Morgan fingerprint density at radius 3 is 2.56 bits per heavy atom. The zero-order valence-corrected chi connectivity index (χ0v) is 19.9. The van der Waals surface area contributed by atoms with Crippen LogP contribution in [0, 0.1) is 5.92 Å². The molecule has 12 heteroatoms. The SMILES string of the molecule is Cl.O=C(CN(Cc1ccc(-n2cncn2)cc1)S(=O)(=O)c1ccccc1OCCC1CC1)NO. The molecule has 1 aliphatic rings. The van der Waals surface area contributed by atoms with Crippen LogP contribution in [0.15, 0.2) is 66.1 Å². The van der Waals surface area contributed by atoms with Crippen LogP contribution in [0.4, 0.5) is 0 Å². The first-order valence-corrected chi connectivity index (χ1v) is 12.0. The third kappa shape index (κ3) is 6.32. The summed E-state index contributed by atoms with van der Waals surface area (Å²) < 4.78 is 35.4. The van der Waals surface area contributed by atoms with Gasteiger partial charge < -0.3 is 4.74 Å². The number of carbonyl (C=O) groups excluding carboxylic acids is 1. The minimum atomic E-state index is -4.11. The van der Waals surface area contributed by atoms with Crippen molar-refractivity contribution in [2.24, 2.45) is 5.92 Å². The van der Waals surface area contributed by atoms with Crippen LogP contribution in [-0.4, -0.2) is 51.8 Å². The Balaban J connectivity index is 0.00000324. The first kappa shape index (κ1) is 25.6. The fraction of sp³-hybridized carbons (Fsp3) is 0.318. The number of sulfonamides is 1. The van der Waals surface area contributed by atoms with E-state index in [9.17, 15) is 13.2 Å². The van der Waals surface area contributed by atoms with Gasteiger partial charge in [-0.3, -0.25) is 10.0 Å². The quantitative estimate of drug-likeness (QED) is 0.301. The van der Waals surface area contributed by atoms with Gasteiger partial charge in [0, 0.05) is 6.54 Å². The lowest BCUT2D eigenvalue weighted by Crippen LogP contribution is -2.39. The molecule has 0 bridgehead atoms. The summed E-state index contributed by atoms with van der Waals surface area (Å²) in [6, 6.07) is 13.4. The summed E-state index contributed by atoms with van der Waals surface area (Å²) >= 11 is 0. The van der Waals surface area contributed by atoms with Gasteiger partial charge in [-0.25, -0.2) is 23.6 Å². The number of hydrogen-bond donors (Lipinski definition) is 2. The molecular weight excluding hydrogens is 482 g/mol. The van der Waals surface area contributed by atoms with E-state index in [4.69, 9.17) is 9.94 Å². The predicted molar refractivity (Wildman–Crippen MR) is 125 cm³/mol. The van der Waals surface area contributed by atoms with E-state index in [1.54, 1.807) is 53.5 Å². The molecule has 34 heavy (non-hydrogen) atoms. The smallest absolute Gasteiger partial charge is 0.258 e. The third-order valence-corrected chi connectivity index (χ3v) is 7.20. The second kappa shape index (κ2) is 11.4. The highest BCUT2D eigenvalue weighted by Gasteiger charge is 2.30. The Bertz CT molecular complexity index is 1180. The predicted octanol–water partition coefficient (Wildman–Crippen LogP) is 2.56. The van der Waals surface area contributed by atoms with E-state index in [1.165, 1.54) is 30.7 Å². The van der Waals surface area contributed by atoms with E-state index in [0.29, 0.717) is 18.1 Å². The van der Waals surface area contributed by atoms with E-state index >= 15 is 0 Å². The maximum Gasteiger partial charge on any atom is 0.258 e. The largest absolute Gasteiger partial charge is 0.492 e. The lowest BCUT2D eigenvalue weighted by molar-refractivity contribution is -0.129. The summed E-state index contributed by atoms with van der Waals surface area (Å²) in [7, 11) is -4.11. The number of aromatic nitrogens is 3. The number of hydroxylamine groups is 1. The summed E-state index contributed by atoms with van der Waals surface area (Å²) in [6.45, 7) is -0.206. The summed E-state index contributed by atoms with van der Waals surface area (Å²) in [4.78, 5) is 15.8. The Morgan fingerprint density at radius 1 is 1.18 bits per heavy atom. The zero-order chi connectivity index (χ0) is 23.3. The number of benzene rings is 2. The summed E-state index contributed by atoms with van der Waals surface area (Å²) in [5.74, 6) is 0.0537. The van der Waals surface area contributed by atoms with E-state index < -0.39 is 22.5 Å². The lowest BCUT2D eigenvalue weighted by atomic mass is 10.2. The Morgan fingerprint density at radius 2 is 1.91 bits per heavy atom. The van der Waals surface area contributed by atoms with Crippen molar-refractivity contribution in [2.45, 2.75) is 30.7 Å².